The topological polar surface area (TPSA) is 0 Å². The van der Waals surface area contributed by atoms with Gasteiger partial charge in [0, 0.05) is 0 Å². The van der Waals surface area contributed by atoms with E-state index in [0.717, 1.165) is 15.5 Å². The van der Waals surface area contributed by atoms with Crippen molar-refractivity contribution >= 4 is 28.2 Å². The molecular formula is C6H10S2. The molecule has 0 bridgehead atoms. The SMILES string of the molecule is C=C(C)C(=S)SCC. The summed E-state index contributed by atoms with van der Waals surface area (Å²) in [4.78, 5) is 0. The molecular weight excluding hydrogens is 136 g/mol. The van der Waals surface area contributed by atoms with Crippen LogP contribution in [0.15, 0.2) is 12.2 Å². The van der Waals surface area contributed by atoms with Crippen LogP contribution >= 0.6 is 24.0 Å². The van der Waals surface area contributed by atoms with Crippen LogP contribution in [0.4, 0.5) is 0 Å². The maximum atomic E-state index is 4.94. The van der Waals surface area contributed by atoms with E-state index >= 15 is 0 Å². The monoisotopic (exact) mass is 146 g/mol. The lowest BCUT2D eigenvalue weighted by atomic mass is 10.4. The first-order valence-electron chi connectivity index (χ1n) is 2.51. The Hall–Kier alpha value is 0.180. The Bertz CT molecular complexity index is 105. The number of thioether (sulfide) groups is 1. The molecule has 0 rings (SSSR count). The lowest BCUT2D eigenvalue weighted by molar-refractivity contribution is 1.54. The first-order chi connectivity index (χ1) is 3.68. The number of hydrogen-bond acceptors (Lipinski definition) is 2. The van der Waals surface area contributed by atoms with Crippen LogP contribution in [0.3, 0.4) is 0 Å². The zero-order valence-corrected chi connectivity index (χ0v) is 6.86. The Labute approximate surface area is 60.4 Å². The second kappa shape index (κ2) is 4.10. The summed E-state index contributed by atoms with van der Waals surface area (Å²) in [5.41, 5.74) is 1.01. The van der Waals surface area contributed by atoms with E-state index in [1.807, 2.05) is 6.92 Å². The maximum absolute atomic E-state index is 4.94. The first-order valence-corrected chi connectivity index (χ1v) is 3.90. The average molecular weight is 146 g/mol. The lowest BCUT2D eigenvalue weighted by Gasteiger charge is -1.95. The van der Waals surface area contributed by atoms with Crippen molar-refractivity contribution in [2.75, 3.05) is 5.75 Å². The molecule has 0 aliphatic carbocycles. The minimum Gasteiger partial charge on any atom is -0.115 e. The Balaban J connectivity index is 3.49. The van der Waals surface area contributed by atoms with Gasteiger partial charge < -0.3 is 0 Å². The zero-order valence-electron chi connectivity index (χ0n) is 5.23. The van der Waals surface area contributed by atoms with Gasteiger partial charge >= 0.3 is 0 Å². The highest BCUT2D eigenvalue weighted by molar-refractivity contribution is 8.23. The predicted molar refractivity (Wildman–Crippen MR) is 45.5 cm³/mol. The van der Waals surface area contributed by atoms with Gasteiger partial charge in [-0.25, -0.2) is 0 Å². The Morgan fingerprint density at radius 3 is 2.38 bits per heavy atom. The second-order valence-electron chi connectivity index (χ2n) is 1.50. The summed E-state index contributed by atoms with van der Waals surface area (Å²) in [7, 11) is 0. The normalized spacial score (nSPS) is 8.75. The highest BCUT2D eigenvalue weighted by Crippen LogP contribution is 2.09. The van der Waals surface area contributed by atoms with Crippen LogP contribution in [0, 0.1) is 0 Å². The minimum absolute atomic E-state index is 0.938. The molecule has 0 heterocycles. The van der Waals surface area contributed by atoms with Crippen molar-refractivity contribution in [2.24, 2.45) is 0 Å². The number of thiocarbonyl (C=S) groups is 1. The molecule has 0 unspecified atom stereocenters. The van der Waals surface area contributed by atoms with Gasteiger partial charge in [0.15, 0.2) is 0 Å². The van der Waals surface area contributed by atoms with Gasteiger partial charge in [-0.3, -0.25) is 0 Å². The third-order valence-corrected chi connectivity index (χ3v) is 2.23. The summed E-state index contributed by atoms with van der Waals surface area (Å²) < 4.78 is 0.938. The van der Waals surface area contributed by atoms with Gasteiger partial charge in [0.2, 0.25) is 0 Å². The van der Waals surface area contributed by atoms with Crippen LogP contribution in [0.2, 0.25) is 0 Å². The molecule has 0 aromatic heterocycles. The van der Waals surface area contributed by atoms with Crippen molar-refractivity contribution in [3.8, 4) is 0 Å². The molecule has 0 amide bonds. The van der Waals surface area contributed by atoms with Crippen LogP contribution in [-0.2, 0) is 0 Å². The summed E-state index contributed by atoms with van der Waals surface area (Å²) in [6.07, 6.45) is 0. The van der Waals surface area contributed by atoms with Crippen LogP contribution < -0.4 is 0 Å². The third-order valence-electron chi connectivity index (χ3n) is 0.624. The molecule has 0 saturated heterocycles. The fourth-order valence-corrected chi connectivity index (χ4v) is 1.12. The molecule has 46 valence electrons. The van der Waals surface area contributed by atoms with Gasteiger partial charge in [0.05, 0.1) is 4.20 Å². The van der Waals surface area contributed by atoms with E-state index in [2.05, 4.69) is 13.5 Å². The highest BCUT2D eigenvalue weighted by Gasteiger charge is 1.92. The van der Waals surface area contributed by atoms with Crippen molar-refractivity contribution in [2.45, 2.75) is 13.8 Å². The van der Waals surface area contributed by atoms with E-state index in [1.54, 1.807) is 11.8 Å². The maximum Gasteiger partial charge on any atom is 0.0728 e. The first kappa shape index (κ1) is 8.18. The van der Waals surface area contributed by atoms with Crippen LogP contribution in [0.5, 0.6) is 0 Å². The van der Waals surface area contributed by atoms with Crippen LogP contribution in [0.1, 0.15) is 13.8 Å². The molecule has 0 saturated carbocycles. The van der Waals surface area contributed by atoms with Gasteiger partial charge in [0.1, 0.15) is 0 Å². The molecule has 0 N–H and O–H groups in total. The average Bonchev–Trinajstić information content (AvgIpc) is 1.67. The van der Waals surface area contributed by atoms with Gasteiger partial charge in [-0.05, 0) is 18.2 Å². The predicted octanol–water partition coefficient (Wildman–Crippen LogP) is 2.64. The van der Waals surface area contributed by atoms with Gasteiger partial charge in [-0.15, -0.1) is 11.8 Å². The summed E-state index contributed by atoms with van der Waals surface area (Å²) in [5, 5.41) is 0. The molecule has 0 spiro atoms. The van der Waals surface area contributed by atoms with Crippen molar-refractivity contribution in [3.63, 3.8) is 0 Å². The zero-order chi connectivity index (χ0) is 6.57. The van der Waals surface area contributed by atoms with Gasteiger partial charge in [-0.1, -0.05) is 25.7 Å². The largest absolute Gasteiger partial charge is 0.115 e. The quantitative estimate of drug-likeness (QED) is 0.434. The summed E-state index contributed by atoms with van der Waals surface area (Å²) in [5.74, 6) is 1.05. The molecule has 0 aromatic rings. The summed E-state index contributed by atoms with van der Waals surface area (Å²) >= 11 is 6.61. The fraction of sp³-hybridized carbons (Fsp3) is 0.500. The van der Waals surface area contributed by atoms with Crippen LogP contribution in [-0.4, -0.2) is 9.95 Å². The molecule has 0 aliphatic rings. The van der Waals surface area contributed by atoms with Crippen molar-refractivity contribution in [1.29, 1.82) is 0 Å². The Morgan fingerprint density at radius 2 is 2.25 bits per heavy atom. The smallest absolute Gasteiger partial charge is 0.0728 e. The lowest BCUT2D eigenvalue weighted by Crippen LogP contribution is -1.86. The molecule has 2 heteroatoms. The number of rotatable bonds is 2. The highest BCUT2D eigenvalue weighted by atomic mass is 32.2. The molecule has 0 aromatic carbocycles. The van der Waals surface area contributed by atoms with E-state index in [9.17, 15) is 0 Å². The molecule has 0 radical (unpaired) electrons. The second-order valence-corrected chi connectivity index (χ2v) is 3.44. The Morgan fingerprint density at radius 1 is 1.75 bits per heavy atom. The standard InChI is InChI=1S/C6H10S2/c1-4-8-6(7)5(2)3/h2,4H2,1,3H3. The van der Waals surface area contributed by atoms with E-state index in [4.69, 9.17) is 12.2 Å². The third kappa shape index (κ3) is 3.22. The fourth-order valence-electron chi connectivity index (χ4n) is 0.254. The van der Waals surface area contributed by atoms with E-state index in [1.165, 1.54) is 0 Å². The van der Waals surface area contributed by atoms with Gasteiger partial charge in [-0.2, -0.15) is 0 Å². The van der Waals surface area contributed by atoms with E-state index < -0.39 is 0 Å². The summed E-state index contributed by atoms with van der Waals surface area (Å²) in [6.45, 7) is 7.73. The molecule has 0 aliphatic heterocycles. The van der Waals surface area contributed by atoms with Gasteiger partial charge in [0.25, 0.3) is 0 Å². The number of hydrogen-bond donors (Lipinski definition) is 0. The van der Waals surface area contributed by atoms with E-state index in [0.29, 0.717) is 0 Å². The van der Waals surface area contributed by atoms with Crippen molar-refractivity contribution < 1.29 is 0 Å². The Kier molecular flexibility index (Phi) is 4.19. The molecule has 0 fully saturated rings. The van der Waals surface area contributed by atoms with Crippen molar-refractivity contribution in [3.05, 3.63) is 12.2 Å². The molecule has 0 atom stereocenters. The van der Waals surface area contributed by atoms with E-state index in [-0.39, 0.29) is 0 Å². The molecule has 8 heavy (non-hydrogen) atoms. The van der Waals surface area contributed by atoms with Crippen LogP contribution in [0.25, 0.3) is 0 Å². The molecule has 0 nitrogen and oxygen atoms in total. The minimum atomic E-state index is 0.938. The van der Waals surface area contributed by atoms with Crippen molar-refractivity contribution in [1.82, 2.24) is 0 Å². The summed E-state index contributed by atoms with van der Waals surface area (Å²) in [6, 6.07) is 0.